The van der Waals surface area contributed by atoms with Gasteiger partial charge in [-0.15, -0.1) is 24.0 Å². The van der Waals surface area contributed by atoms with E-state index in [1.54, 1.807) is 7.11 Å². The quantitative estimate of drug-likeness (QED) is 0.313. The molecule has 1 aromatic carbocycles. The first-order valence-electron chi connectivity index (χ1n) is 11.3. The maximum absolute atomic E-state index is 5.68. The lowest BCUT2D eigenvalue weighted by molar-refractivity contribution is 0.0241. The number of guanidine groups is 1. The second kappa shape index (κ2) is 11.7. The first-order chi connectivity index (χ1) is 13.9. The summed E-state index contributed by atoms with van der Waals surface area (Å²) < 4.78 is 5.68. The molecule has 2 N–H and O–H groups in total. The van der Waals surface area contributed by atoms with Crippen molar-refractivity contribution in [2.75, 3.05) is 20.2 Å². The lowest BCUT2D eigenvalue weighted by Gasteiger charge is -2.39. The van der Waals surface area contributed by atoms with Crippen LogP contribution in [0, 0.1) is 5.41 Å². The highest BCUT2D eigenvalue weighted by Crippen LogP contribution is 2.36. The van der Waals surface area contributed by atoms with Crippen LogP contribution in [-0.4, -0.2) is 55.3 Å². The fourth-order valence-corrected chi connectivity index (χ4v) is 4.83. The number of ether oxygens (including phenoxy) is 1. The minimum atomic E-state index is 0. The maximum Gasteiger partial charge on any atom is 0.191 e. The molecule has 0 saturated carbocycles. The molecule has 2 heterocycles. The van der Waals surface area contributed by atoms with Crippen LogP contribution in [-0.2, 0) is 11.3 Å². The first-order valence-corrected chi connectivity index (χ1v) is 11.3. The molecule has 2 saturated heterocycles. The van der Waals surface area contributed by atoms with Gasteiger partial charge in [0.1, 0.15) is 0 Å². The van der Waals surface area contributed by atoms with Crippen LogP contribution in [0.2, 0.25) is 0 Å². The van der Waals surface area contributed by atoms with Crippen LogP contribution < -0.4 is 10.6 Å². The van der Waals surface area contributed by atoms with E-state index < -0.39 is 0 Å². The number of benzene rings is 1. The van der Waals surface area contributed by atoms with Gasteiger partial charge in [0, 0.05) is 38.3 Å². The summed E-state index contributed by atoms with van der Waals surface area (Å²) in [5.74, 6) is 0.930. The molecule has 0 aliphatic carbocycles. The van der Waals surface area contributed by atoms with Gasteiger partial charge in [-0.05, 0) is 43.6 Å². The zero-order chi connectivity index (χ0) is 20.9. The van der Waals surface area contributed by atoms with Crippen LogP contribution in [0.25, 0.3) is 0 Å². The normalized spacial score (nSPS) is 25.5. The third kappa shape index (κ3) is 6.82. The predicted octanol–water partition coefficient (Wildman–Crippen LogP) is 4.42. The van der Waals surface area contributed by atoms with Crippen LogP contribution >= 0.6 is 24.0 Å². The topological polar surface area (TPSA) is 48.9 Å². The van der Waals surface area contributed by atoms with Crippen molar-refractivity contribution in [1.82, 2.24) is 15.5 Å². The smallest absolute Gasteiger partial charge is 0.191 e. The minimum absolute atomic E-state index is 0. The summed E-state index contributed by atoms with van der Waals surface area (Å²) in [7, 11) is 1.78. The molecule has 2 bridgehead atoms. The summed E-state index contributed by atoms with van der Waals surface area (Å²) in [6.07, 6.45) is 5.14. The molecule has 0 spiro atoms. The number of halogens is 1. The van der Waals surface area contributed by atoms with Gasteiger partial charge in [-0.25, -0.2) is 0 Å². The summed E-state index contributed by atoms with van der Waals surface area (Å²) in [6.45, 7) is 11.4. The van der Waals surface area contributed by atoms with Gasteiger partial charge in [0.25, 0.3) is 0 Å². The Bertz CT molecular complexity index is 647. The highest BCUT2D eigenvalue weighted by molar-refractivity contribution is 14.0. The third-order valence-corrected chi connectivity index (χ3v) is 6.44. The molecule has 6 heteroatoms. The lowest BCUT2D eigenvalue weighted by Crippen LogP contribution is -2.52. The van der Waals surface area contributed by atoms with Crippen molar-refractivity contribution >= 4 is 29.9 Å². The van der Waals surface area contributed by atoms with Crippen molar-refractivity contribution < 1.29 is 4.74 Å². The number of aliphatic imine (C=N–C) groups is 1. The first kappa shape index (κ1) is 25.4. The van der Waals surface area contributed by atoms with Crippen molar-refractivity contribution in [3.05, 3.63) is 35.9 Å². The van der Waals surface area contributed by atoms with Crippen LogP contribution in [0.3, 0.4) is 0 Å². The molecule has 0 aromatic heterocycles. The number of rotatable bonds is 7. The van der Waals surface area contributed by atoms with Crippen molar-refractivity contribution in [3.8, 4) is 0 Å². The van der Waals surface area contributed by atoms with Gasteiger partial charge in [-0.1, -0.05) is 51.1 Å². The Morgan fingerprint density at radius 1 is 1.17 bits per heavy atom. The van der Waals surface area contributed by atoms with E-state index in [-0.39, 0.29) is 35.5 Å². The lowest BCUT2D eigenvalue weighted by atomic mass is 9.89. The zero-order valence-electron chi connectivity index (χ0n) is 19.4. The van der Waals surface area contributed by atoms with E-state index in [4.69, 9.17) is 9.73 Å². The summed E-state index contributed by atoms with van der Waals surface area (Å²) in [4.78, 5) is 7.59. The molecule has 2 aliphatic heterocycles. The largest absolute Gasteiger partial charge is 0.379 e. The third-order valence-electron chi connectivity index (χ3n) is 6.44. The molecule has 1 aromatic rings. The van der Waals surface area contributed by atoms with Crippen LogP contribution in [0.15, 0.2) is 35.3 Å². The number of piperidine rings is 1. The molecule has 3 unspecified atom stereocenters. The van der Waals surface area contributed by atoms with Gasteiger partial charge < -0.3 is 15.4 Å². The van der Waals surface area contributed by atoms with Gasteiger partial charge in [-0.2, -0.15) is 0 Å². The molecule has 3 atom stereocenters. The molecule has 0 radical (unpaired) electrons. The molecule has 5 nitrogen and oxygen atoms in total. The average Bonchev–Trinajstić information content (AvgIpc) is 2.91. The van der Waals surface area contributed by atoms with Gasteiger partial charge in [-0.3, -0.25) is 9.89 Å². The summed E-state index contributed by atoms with van der Waals surface area (Å²) in [6, 6.07) is 12.7. The van der Waals surface area contributed by atoms with E-state index in [1.165, 1.54) is 31.2 Å². The van der Waals surface area contributed by atoms with E-state index in [0.29, 0.717) is 24.7 Å². The summed E-state index contributed by atoms with van der Waals surface area (Å²) in [5, 5.41) is 7.16. The van der Waals surface area contributed by atoms with Crippen LogP contribution in [0.1, 0.15) is 58.9 Å². The van der Waals surface area contributed by atoms with E-state index in [1.807, 2.05) is 0 Å². The van der Waals surface area contributed by atoms with Crippen molar-refractivity contribution in [2.45, 2.75) is 84.2 Å². The Morgan fingerprint density at radius 2 is 1.80 bits per heavy atom. The Labute approximate surface area is 200 Å². The molecular weight excluding hydrogens is 487 g/mol. The van der Waals surface area contributed by atoms with Crippen molar-refractivity contribution in [3.63, 3.8) is 0 Å². The van der Waals surface area contributed by atoms with E-state index in [0.717, 1.165) is 19.0 Å². The Kier molecular flexibility index (Phi) is 9.88. The molecular formula is C24H41IN4O. The number of hydrogen-bond donors (Lipinski definition) is 2. The predicted molar refractivity (Wildman–Crippen MR) is 137 cm³/mol. The Morgan fingerprint density at radius 3 is 2.33 bits per heavy atom. The number of fused-ring (bicyclic) bond motifs is 2. The summed E-state index contributed by atoms with van der Waals surface area (Å²) >= 11 is 0. The second-order valence-corrected chi connectivity index (χ2v) is 9.67. The van der Waals surface area contributed by atoms with Gasteiger partial charge in [0.2, 0.25) is 0 Å². The monoisotopic (exact) mass is 528 g/mol. The van der Waals surface area contributed by atoms with Crippen LogP contribution in [0.4, 0.5) is 0 Å². The van der Waals surface area contributed by atoms with Gasteiger partial charge in [0.05, 0.1) is 12.6 Å². The van der Waals surface area contributed by atoms with Crippen molar-refractivity contribution in [2.24, 2.45) is 10.4 Å². The van der Waals surface area contributed by atoms with Gasteiger partial charge >= 0.3 is 0 Å². The highest BCUT2D eigenvalue weighted by Gasteiger charge is 2.40. The number of nitrogens with one attached hydrogen (secondary N) is 2. The van der Waals surface area contributed by atoms with E-state index >= 15 is 0 Å². The van der Waals surface area contributed by atoms with Gasteiger partial charge in [0.15, 0.2) is 5.96 Å². The standard InChI is InChI=1S/C24H40N4O.HI/c1-6-25-23(26-16-22(29-5)24(2,3)4)27-19-14-20-12-13-21(15-19)28(20)17-18-10-8-7-9-11-18;/h7-11,19-22H,6,12-17H2,1-5H3,(H2,25,26,27);1H. The van der Waals surface area contributed by atoms with Crippen LogP contribution in [0.5, 0.6) is 0 Å². The number of nitrogens with zero attached hydrogens (tertiary/aromatic N) is 2. The number of methoxy groups -OCH3 is 1. The Hall–Kier alpha value is -0.860. The highest BCUT2D eigenvalue weighted by atomic mass is 127. The van der Waals surface area contributed by atoms with E-state index in [2.05, 4.69) is 73.6 Å². The second-order valence-electron chi connectivity index (χ2n) is 9.67. The zero-order valence-corrected chi connectivity index (χ0v) is 21.7. The average molecular weight is 529 g/mol. The molecule has 170 valence electrons. The molecule has 0 amide bonds. The molecule has 3 rings (SSSR count). The molecule has 2 fully saturated rings. The summed E-state index contributed by atoms with van der Waals surface area (Å²) in [5.41, 5.74) is 1.51. The molecule has 2 aliphatic rings. The molecule has 30 heavy (non-hydrogen) atoms. The fourth-order valence-electron chi connectivity index (χ4n) is 4.83. The maximum atomic E-state index is 5.68. The minimum Gasteiger partial charge on any atom is -0.379 e. The Balaban J connectivity index is 0.00000320. The fraction of sp³-hybridized carbons (Fsp3) is 0.708. The van der Waals surface area contributed by atoms with E-state index in [9.17, 15) is 0 Å². The number of hydrogen-bond acceptors (Lipinski definition) is 3. The van der Waals surface area contributed by atoms with Crippen molar-refractivity contribution in [1.29, 1.82) is 0 Å². The SMILES string of the molecule is CCNC(=NCC(OC)C(C)(C)C)NC1CC2CCC(C1)N2Cc1ccccc1.I.